The largest absolute Gasteiger partial charge is 0.424 e. The Labute approximate surface area is 77.9 Å². The second-order valence-electron chi connectivity index (χ2n) is 3.12. The summed E-state index contributed by atoms with van der Waals surface area (Å²) in [6.45, 7) is 4.87. The van der Waals surface area contributed by atoms with Crippen molar-refractivity contribution in [3.8, 4) is 5.75 Å². The van der Waals surface area contributed by atoms with E-state index in [1.165, 1.54) is 6.66 Å². The third-order valence-electron chi connectivity index (χ3n) is 1.67. The van der Waals surface area contributed by atoms with Gasteiger partial charge in [-0.25, -0.2) is 4.57 Å². The third-order valence-corrected chi connectivity index (χ3v) is 2.19. The van der Waals surface area contributed by atoms with Gasteiger partial charge in [-0.3, -0.25) is 0 Å². The number of aryl methyl sites for hydroxylation is 2. The van der Waals surface area contributed by atoms with Crippen molar-refractivity contribution >= 4 is 7.60 Å². The van der Waals surface area contributed by atoms with Crippen LogP contribution in [0.25, 0.3) is 0 Å². The van der Waals surface area contributed by atoms with Crippen molar-refractivity contribution in [3.63, 3.8) is 0 Å². The first-order chi connectivity index (χ1) is 5.90. The van der Waals surface area contributed by atoms with Crippen molar-refractivity contribution in [2.75, 3.05) is 6.66 Å². The molecule has 13 heavy (non-hydrogen) atoms. The Morgan fingerprint density at radius 2 is 1.77 bits per heavy atom. The number of benzene rings is 1. The molecule has 0 saturated carbocycles. The molecule has 0 aromatic heterocycles. The number of rotatable bonds is 2. The van der Waals surface area contributed by atoms with Crippen LogP contribution in [-0.4, -0.2) is 11.6 Å². The van der Waals surface area contributed by atoms with Crippen LogP contribution in [0.2, 0.25) is 0 Å². The molecule has 0 bridgehead atoms. The standard InChI is InChI=1S/C9H13O3P/c1-7-5-4-6-8(2)9(7)12-13(3,10)11/h4-6H,1-3H3,(H,10,11). The fourth-order valence-electron chi connectivity index (χ4n) is 1.11. The molecule has 1 rings (SSSR count). The molecule has 0 aliphatic carbocycles. The van der Waals surface area contributed by atoms with Crippen molar-refractivity contribution in [1.29, 1.82) is 0 Å². The summed E-state index contributed by atoms with van der Waals surface area (Å²) in [6.07, 6.45) is 0. The van der Waals surface area contributed by atoms with E-state index in [0.29, 0.717) is 5.75 Å². The molecule has 0 aliphatic rings. The summed E-state index contributed by atoms with van der Waals surface area (Å²) >= 11 is 0. The first-order valence-electron chi connectivity index (χ1n) is 3.96. The first kappa shape index (κ1) is 10.3. The van der Waals surface area contributed by atoms with E-state index in [4.69, 9.17) is 9.42 Å². The molecule has 3 nitrogen and oxygen atoms in total. The zero-order valence-electron chi connectivity index (χ0n) is 7.94. The van der Waals surface area contributed by atoms with Crippen LogP contribution in [0.3, 0.4) is 0 Å². The maximum Gasteiger partial charge on any atom is 0.373 e. The summed E-state index contributed by atoms with van der Waals surface area (Å²) in [7, 11) is -3.44. The number of hydrogen-bond donors (Lipinski definition) is 1. The summed E-state index contributed by atoms with van der Waals surface area (Å²) in [4.78, 5) is 9.05. The van der Waals surface area contributed by atoms with E-state index in [2.05, 4.69) is 0 Å². The molecule has 0 heterocycles. The van der Waals surface area contributed by atoms with Crippen LogP contribution >= 0.6 is 7.60 Å². The molecular weight excluding hydrogens is 187 g/mol. The highest BCUT2D eigenvalue weighted by atomic mass is 31.2. The summed E-state index contributed by atoms with van der Waals surface area (Å²) in [5, 5.41) is 0. The van der Waals surface area contributed by atoms with Crippen molar-refractivity contribution in [1.82, 2.24) is 0 Å². The first-order valence-corrected chi connectivity index (χ1v) is 5.99. The number of hydrogen-bond acceptors (Lipinski definition) is 2. The molecule has 1 atom stereocenters. The van der Waals surface area contributed by atoms with Gasteiger partial charge < -0.3 is 9.42 Å². The van der Waals surface area contributed by atoms with Crippen LogP contribution in [0.15, 0.2) is 18.2 Å². The fourth-order valence-corrected chi connectivity index (χ4v) is 1.74. The highest BCUT2D eigenvalue weighted by molar-refractivity contribution is 7.52. The molecule has 0 spiro atoms. The van der Waals surface area contributed by atoms with E-state index in [-0.39, 0.29) is 0 Å². The molecule has 72 valence electrons. The molecule has 0 saturated heterocycles. The van der Waals surface area contributed by atoms with Crippen LogP contribution in [0.1, 0.15) is 11.1 Å². The van der Waals surface area contributed by atoms with E-state index >= 15 is 0 Å². The molecule has 0 radical (unpaired) electrons. The van der Waals surface area contributed by atoms with E-state index < -0.39 is 7.60 Å². The van der Waals surface area contributed by atoms with Gasteiger partial charge in [0, 0.05) is 6.66 Å². The molecule has 1 aromatic carbocycles. The lowest BCUT2D eigenvalue weighted by Gasteiger charge is -2.13. The molecular formula is C9H13O3P. The zero-order valence-corrected chi connectivity index (χ0v) is 8.84. The van der Waals surface area contributed by atoms with Crippen LogP contribution in [0.4, 0.5) is 0 Å². The Hall–Kier alpha value is -0.790. The monoisotopic (exact) mass is 200 g/mol. The summed E-state index contributed by atoms with van der Waals surface area (Å²) in [5.41, 5.74) is 1.74. The maximum absolute atomic E-state index is 11.0. The average Bonchev–Trinajstić information content (AvgIpc) is 1.95. The number of para-hydroxylation sites is 1. The van der Waals surface area contributed by atoms with E-state index in [1.54, 1.807) is 0 Å². The van der Waals surface area contributed by atoms with E-state index in [1.807, 2.05) is 32.0 Å². The molecule has 0 amide bonds. The molecule has 0 aliphatic heterocycles. The quantitative estimate of drug-likeness (QED) is 0.746. The Morgan fingerprint density at radius 3 is 2.15 bits per heavy atom. The van der Waals surface area contributed by atoms with E-state index in [0.717, 1.165) is 11.1 Å². The van der Waals surface area contributed by atoms with Gasteiger partial charge in [-0.2, -0.15) is 0 Å². The zero-order chi connectivity index (χ0) is 10.1. The Morgan fingerprint density at radius 1 is 1.31 bits per heavy atom. The molecule has 1 N–H and O–H groups in total. The van der Waals surface area contributed by atoms with Gasteiger partial charge in [0.2, 0.25) is 0 Å². The molecule has 0 fully saturated rings. The summed E-state index contributed by atoms with van der Waals surface area (Å²) in [5.74, 6) is 0.510. The van der Waals surface area contributed by atoms with Gasteiger partial charge >= 0.3 is 7.60 Å². The normalized spacial score (nSPS) is 15.1. The second-order valence-corrected chi connectivity index (χ2v) is 4.90. The maximum atomic E-state index is 11.0. The van der Waals surface area contributed by atoms with Crippen molar-refractivity contribution < 1.29 is 14.0 Å². The predicted molar refractivity (Wildman–Crippen MR) is 52.3 cm³/mol. The summed E-state index contributed by atoms with van der Waals surface area (Å²) in [6, 6.07) is 5.57. The SMILES string of the molecule is Cc1cccc(C)c1OP(C)(=O)O. The third kappa shape index (κ3) is 2.87. The summed E-state index contributed by atoms with van der Waals surface area (Å²) < 4.78 is 16.0. The van der Waals surface area contributed by atoms with Gasteiger partial charge in [-0.05, 0) is 25.0 Å². The van der Waals surface area contributed by atoms with Gasteiger partial charge in [0.05, 0.1) is 0 Å². The van der Waals surface area contributed by atoms with Crippen molar-refractivity contribution in [3.05, 3.63) is 29.3 Å². The minimum atomic E-state index is -3.44. The van der Waals surface area contributed by atoms with Gasteiger partial charge in [0.1, 0.15) is 5.75 Å². The lowest BCUT2D eigenvalue weighted by Crippen LogP contribution is -1.94. The van der Waals surface area contributed by atoms with Gasteiger partial charge in [-0.1, -0.05) is 18.2 Å². The van der Waals surface area contributed by atoms with Crippen LogP contribution in [-0.2, 0) is 4.57 Å². The minimum absolute atomic E-state index is 0.510. The highest BCUT2D eigenvalue weighted by Crippen LogP contribution is 2.40. The Balaban J connectivity index is 3.07. The fraction of sp³-hybridized carbons (Fsp3) is 0.333. The van der Waals surface area contributed by atoms with Crippen molar-refractivity contribution in [2.45, 2.75) is 13.8 Å². The van der Waals surface area contributed by atoms with Crippen LogP contribution in [0.5, 0.6) is 5.75 Å². The topological polar surface area (TPSA) is 46.5 Å². The lowest BCUT2D eigenvalue weighted by atomic mass is 10.1. The van der Waals surface area contributed by atoms with Gasteiger partial charge in [-0.15, -0.1) is 0 Å². The Bertz CT molecular complexity index is 334. The minimum Gasteiger partial charge on any atom is -0.424 e. The predicted octanol–water partition coefficient (Wildman–Crippen LogP) is 2.50. The highest BCUT2D eigenvalue weighted by Gasteiger charge is 2.14. The van der Waals surface area contributed by atoms with Crippen molar-refractivity contribution in [2.24, 2.45) is 0 Å². The van der Waals surface area contributed by atoms with Gasteiger partial charge in [0.25, 0.3) is 0 Å². The van der Waals surface area contributed by atoms with Crippen LogP contribution < -0.4 is 4.52 Å². The Kier molecular flexibility index (Phi) is 2.79. The van der Waals surface area contributed by atoms with E-state index in [9.17, 15) is 4.57 Å². The molecule has 1 unspecified atom stereocenters. The average molecular weight is 200 g/mol. The van der Waals surface area contributed by atoms with Crippen LogP contribution in [0, 0.1) is 13.8 Å². The lowest BCUT2D eigenvalue weighted by molar-refractivity contribution is 0.385. The molecule has 1 aromatic rings. The smallest absolute Gasteiger partial charge is 0.373 e. The van der Waals surface area contributed by atoms with Gasteiger partial charge in [0.15, 0.2) is 0 Å². The second kappa shape index (κ2) is 3.52. The molecule has 4 heteroatoms.